The van der Waals surface area contributed by atoms with Crippen molar-refractivity contribution in [1.29, 1.82) is 0 Å². The van der Waals surface area contributed by atoms with Gasteiger partial charge in [0.05, 0.1) is 8.31 Å². The second-order valence-corrected chi connectivity index (χ2v) is 6.83. The van der Waals surface area contributed by atoms with Crippen molar-refractivity contribution in [3.8, 4) is 0 Å². The Morgan fingerprint density at radius 2 is 1.68 bits per heavy atom. The van der Waals surface area contributed by atoms with Crippen LogP contribution in [0.2, 0.25) is 0 Å². The summed E-state index contributed by atoms with van der Waals surface area (Å²) in [4.78, 5) is 10.1. The van der Waals surface area contributed by atoms with Gasteiger partial charge in [-0.2, -0.15) is 0 Å². The second-order valence-electron chi connectivity index (χ2n) is 4.06. The monoisotopic (exact) mass is 385 g/mol. The molecule has 1 aromatic rings. The molecule has 3 nitrogen and oxygen atoms in total. The first-order valence-electron chi connectivity index (χ1n) is 5.52. The van der Waals surface area contributed by atoms with Crippen molar-refractivity contribution < 1.29 is 4.92 Å². The Bertz CT molecular complexity index is 553. The molecule has 0 aliphatic rings. The van der Waals surface area contributed by atoms with Gasteiger partial charge in [0.1, 0.15) is 0 Å². The number of nitro benzene ring substituents is 1. The second kappa shape index (κ2) is 7.40. The van der Waals surface area contributed by atoms with E-state index in [9.17, 15) is 10.1 Å². The number of nitro groups is 1. The molecule has 0 aromatic heterocycles. The summed E-state index contributed by atoms with van der Waals surface area (Å²) in [7, 11) is 0. The number of hydrogen-bond donors (Lipinski definition) is 0. The Labute approximate surface area is 129 Å². The highest BCUT2D eigenvalue weighted by molar-refractivity contribution is 9.28. The van der Waals surface area contributed by atoms with Crippen LogP contribution in [0.4, 0.5) is 5.69 Å². The fourth-order valence-electron chi connectivity index (χ4n) is 1.57. The SMILES string of the molecule is C/C(C=C(Br)Br)=C\C(C)=C\c1ccc([N+](=O)[O-])cc1. The molecule has 0 unspecified atom stereocenters. The van der Waals surface area contributed by atoms with E-state index in [0.29, 0.717) is 0 Å². The molecule has 0 amide bonds. The fourth-order valence-corrected chi connectivity index (χ4v) is 2.29. The summed E-state index contributed by atoms with van der Waals surface area (Å²) in [6, 6.07) is 6.48. The Hall–Kier alpha value is -1.20. The van der Waals surface area contributed by atoms with Crippen LogP contribution >= 0.6 is 31.9 Å². The maximum atomic E-state index is 10.5. The third kappa shape index (κ3) is 5.98. The maximum absolute atomic E-state index is 10.5. The number of benzene rings is 1. The predicted octanol–water partition coefficient (Wildman–Crippen LogP) is 5.58. The van der Waals surface area contributed by atoms with Gasteiger partial charge in [-0.05, 0) is 75.1 Å². The zero-order valence-electron chi connectivity index (χ0n) is 10.6. The lowest BCUT2D eigenvalue weighted by Crippen LogP contribution is -1.86. The molecule has 0 aliphatic carbocycles. The van der Waals surface area contributed by atoms with Crippen molar-refractivity contribution >= 4 is 43.6 Å². The van der Waals surface area contributed by atoms with E-state index < -0.39 is 4.92 Å². The largest absolute Gasteiger partial charge is 0.269 e. The van der Waals surface area contributed by atoms with Crippen LogP contribution in [-0.2, 0) is 0 Å². The van der Waals surface area contributed by atoms with Crippen LogP contribution in [0.25, 0.3) is 6.08 Å². The fraction of sp³-hybridized carbons (Fsp3) is 0.143. The van der Waals surface area contributed by atoms with E-state index in [1.54, 1.807) is 12.1 Å². The molecule has 0 radical (unpaired) electrons. The minimum atomic E-state index is -0.400. The highest BCUT2D eigenvalue weighted by atomic mass is 79.9. The van der Waals surface area contributed by atoms with Crippen LogP contribution in [0.5, 0.6) is 0 Å². The number of nitrogens with zero attached hydrogens (tertiary/aromatic N) is 1. The van der Waals surface area contributed by atoms with Gasteiger partial charge in [0, 0.05) is 12.1 Å². The summed E-state index contributed by atoms with van der Waals surface area (Å²) in [5.74, 6) is 0. The van der Waals surface area contributed by atoms with Gasteiger partial charge in [0.15, 0.2) is 0 Å². The smallest absolute Gasteiger partial charge is 0.258 e. The summed E-state index contributed by atoms with van der Waals surface area (Å²) in [5, 5.41) is 10.5. The van der Waals surface area contributed by atoms with Crippen LogP contribution < -0.4 is 0 Å². The topological polar surface area (TPSA) is 43.1 Å². The first-order valence-corrected chi connectivity index (χ1v) is 7.11. The highest BCUT2D eigenvalue weighted by Gasteiger charge is 2.02. The molecule has 0 atom stereocenters. The summed E-state index contributed by atoms with van der Waals surface area (Å²) >= 11 is 6.61. The molecule has 0 saturated heterocycles. The third-order valence-corrected chi connectivity index (χ3v) is 2.75. The number of non-ortho nitro benzene ring substituents is 1. The van der Waals surface area contributed by atoms with Gasteiger partial charge in [0.25, 0.3) is 5.69 Å². The lowest BCUT2D eigenvalue weighted by Gasteiger charge is -1.98. The number of allylic oxidation sites excluding steroid dienone is 4. The summed E-state index contributed by atoms with van der Waals surface area (Å²) in [6.07, 6.45) is 5.96. The van der Waals surface area contributed by atoms with Crippen molar-refractivity contribution in [1.82, 2.24) is 0 Å². The molecule has 100 valence electrons. The average molecular weight is 387 g/mol. The molecule has 0 heterocycles. The number of hydrogen-bond acceptors (Lipinski definition) is 2. The van der Waals surface area contributed by atoms with Gasteiger partial charge >= 0.3 is 0 Å². The van der Waals surface area contributed by atoms with Crippen molar-refractivity contribution in [2.24, 2.45) is 0 Å². The zero-order chi connectivity index (χ0) is 14.4. The van der Waals surface area contributed by atoms with E-state index >= 15 is 0 Å². The molecule has 0 N–H and O–H groups in total. The molecule has 1 rings (SSSR count). The zero-order valence-corrected chi connectivity index (χ0v) is 13.7. The van der Waals surface area contributed by atoms with E-state index in [1.807, 2.05) is 32.1 Å². The Kier molecular flexibility index (Phi) is 6.18. The Balaban J connectivity index is 2.90. The highest BCUT2D eigenvalue weighted by Crippen LogP contribution is 2.18. The number of halogens is 2. The summed E-state index contributed by atoms with van der Waals surface area (Å²) in [5.41, 5.74) is 3.21. The molecule has 0 aliphatic heterocycles. The molecular formula is C14H13Br2NO2. The van der Waals surface area contributed by atoms with Gasteiger partial charge < -0.3 is 0 Å². The molecular weight excluding hydrogens is 374 g/mol. The Morgan fingerprint density at radius 1 is 1.11 bits per heavy atom. The van der Waals surface area contributed by atoms with Crippen LogP contribution in [-0.4, -0.2) is 4.92 Å². The molecule has 5 heteroatoms. The summed E-state index contributed by atoms with van der Waals surface area (Å²) < 4.78 is 0.886. The summed E-state index contributed by atoms with van der Waals surface area (Å²) in [6.45, 7) is 3.98. The van der Waals surface area contributed by atoms with Crippen molar-refractivity contribution in [2.45, 2.75) is 13.8 Å². The van der Waals surface area contributed by atoms with Crippen molar-refractivity contribution in [3.05, 3.63) is 66.6 Å². The van der Waals surface area contributed by atoms with E-state index in [0.717, 1.165) is 20.1 Å². The molecule has 1 aromatic carbocycles. The van der Waals surface area contributed by atoms with E-state index in [4.69, 9.17) is 0 Å². The third-order valence-electron chi connectivity index (χ3n) is 2.29. The lowest BCUT2D eigenvalue weighted by molar-refractivity contribution is -0.384. The Morgan fingerprint density at radius 3 is 2.16 bits per heavy atom. The molecule has 0 spiro atoms. The first kappa shape index (κ1) is 15.9. The predicted molar refractivity (Wildman–Crippen MR) is 86.4 cm³/mol. The van der Waals surface area contributed by atoms with Gasteiger partial charge in [-0.25, -0.2) is 0 Å². The van der Waals surface area contributed by atoms with Crippen LogP contribution in [0.3, 0.4) is 0 Å². The normalized spacial score (nSPS) is 12.2. The van der Waals surface area contributed by atoms with Crippen LogP contribution in [0, 0.1) is 10.1 Å². The molecule has 0 saturated carbocycles. The molecule has 0 fully saturated rings. The van der Waals surface area contributed by atoms with E-state index in [2.05, 4.69) is 31.9 Å². The molecule has 19 heavy (non-hydrogen) atoms. The van der Waals surface area contributed by atoms with E-state index in [-0.39, 0.29) is 5.69 Å². The van der Waals surface area contributed by atoms with Gasteiger partial charge in [0.2, 0.25) is 0 Å². The van der Waals surface area contributed by atoms with Crippen LogP contribution in [0.15, 0.2) is 51.0 Å². The van der Waals surface area contributed by atoms with Gasteiger partial charge in [-0.1, -0.05) is 17.7 Å². The standard InChI is InChI=1S/C14H13Br2NO2/c1-10(7-11(2)9-14(15)16)8-12-3-5-13(6-4-12)17(18)19/h3-9H,1-2H3/b10-8+,11-7+. The lowest BCUT2D eigenvalue weighted by atomic mass is 10.1. The average Bonchev–Trinajstić information content (AvgIpc) is 2.27. The number of rotatable bonds is 4. The minimum absolute atomic E-state index is 0.104. The van der Waals surface area contributed by atoms with Gasteiger partial charge in [-0.3, -0.25) is 10.1 Å². The first-order chi connectivity index (χ1) is 8.88. The maximum Gasteiger partial charge on any atom is 0.269 e. The van der Waals surface area contributed by atoms with Crippen molar-refractivity contribution in [3.63, 3.8) is 0 Å². The van der Waals surface area contributed by atoms with E-state index in [1.165, 1.54) is 12.1 Å². The quantitative estimate of drug-likeness (QED) is 0.385. The van der Waals surface area contributed by atoms with Crippen LogP contribution in [0.1, 0.15) is 19.4 Å². The molecule has 0 bridgehead atoms. The minimum Gasteiger partial charge on any atom is -0.258 e. The van der Waals surface area contributed by atoms with Gasteiger partial charge in [-0.15, -0.1) is 0 Å². The van der Waals surface area contributed by atoms with Crippen molar-refractivity contribution in [2.75, 3.05) is 0 Å².